The zero-order chi connectivity index (χ0) is 23.1. The van der Waals surface area contributed by atoms with Crippen molar-refractivity contribution in [3.05, 3.63) is 45.5 Å². The van der Waals surface area contributed by atoms with Gasteiger partial charge in [-0.2, -0.15) is 5.10 Å². The van der Waals surface area contributed by atoms with Crippen LogP contribution in [0.25, 0.3) is 11.1 Å². The number of hydrogen-bond acceptors (Lipinski definition) is 7. The molecule has 2 aliphatic rings. The first-order valence-electron chi connectivity index (χ1n) is 10.6. The monoisotopic (exact) mass is 486 g/mol. The molecule has 1 atom stereocenters. The number of halogens is 1. The highest BCUT2D eigenvalue weighted by molar-refractivity contribution is 7.18. The Balaban J connectivity index is 1.42. The standard InChI is InChI=1S/C21H23ClN8O2S/c22-17-4-3-16(33-17)20(31)27-13-2-1-6-28(10-13)15-8-14(12-5-7-29(9-12)21(24)32)30-18(15)19(23)25-11-26-30/h3-5,8,11,13H,1-2,6-7,9-10H2,(H2,24,32)(H,27,31)(H2,23,25,26)/t13-/m1/s1. The maximum absolute atomic E-state index is 12.6. The number of aromatic nitrogens is 3. The second kappa shape index (κ2) is 8.56. The van der Waals surface area contributed by atoms with Crippen molar-refractivity contribution in [1.29, 1.82) is 0 Å². The zero-order valence-corrected chi connectivity index (χ0v) is 19.3. The predicted octanol–water partition coefficient (Wildman–Crippen LogP) is 2.20. The van der Waals surface area contributed by atoms with E-state index in [2.05, 4.69) is 20.3 Å². The van der Waals surface area contributed by atoms with Gasteiger partial charge in [0.1, 0.15) is 11.8 Å². The number of nitrogens with zero attached hydrogens (tertiary/aromatic N) is 5. The number of amides is 3. The Hall–Kier alpha value is -3.31. The smallest absolute Gasteiger partial charge is 0.315 e. The van der Waals surface area contributed by atoms with Gasteiger partial charge in [-0.05, 0) is 36.6 Å². The van der Waals surface area contributed by atoms with E-state index in [9.17, 15) is 9.59 Å². The van der Waals surface area contributed by atoms with E-state index in [-0.39, 0.29) is 11.9 Å². The summed E-state index contributed by atoms with van der Waals surface area (Å²) >= 11 is 7.24. The molecule has 0 radical (unpaired) electrons. The average molecular weight is 487 g/mol. The summed E-state index contributed by atoms with van der Waals surface area (Å²) in [7, 11) is 0. The van der Waals surface area contributed by atoms with Crippen molar-refractivity contribution >= 4 is 57.5 Å². The third-order valence-electron chi connectivity index (χ3n) is 6.02. The van der Waals surface area contributed by atoms with E-state index in [1.54, 1.807) is 21.5 Å². The van der Waals surface area contributed by atoms with Crippen LogP contribution in [-0.4, -0.2) is 63.7 Å². The molecule has 0 aromatic carbocycles. The van der Waals surface area contributed by atoms with Crippen LogP contribution in [0.3, 0.4) is 0 Å². The molecule has 5 rings (SSSR count). The van der Waals surface area contributed by atoms with Gasteiger partial charge in [0, 0.05) is 32.2 Å². The van der Waals surface area contributed by atoms with Crippen LogP contribution in [0.1, 0.15) is 28.2 Å². The number of thiophene rings is 1. The molecule has 33 heavy (non-hydrogen) atoms. The summed E-state index contributed by atoms with van der Waals surface area (Å²) in [4.78, 5) is 32.8. The molecule has 172 valence electrons. The molecule has 3 aromatic rings. The third-order valence-corrected chi connectivity index (χ3v) is 7.25. The Labute approximate surface area is 198 Å². The van der Waals surface area contributed by atoms with Crippen LogP contribution in [0.2, 0.25) is 4.34 Å². The minimum Gasteiger partial charge on any atom is -0.382 e. The first kappa shape index (κ1) is 21.5. The maximum atomic E-state index is 12.6. The average Bonchev–Trinajstić information content (AvgIpc) is 3.52. The van der Waals surface area contributed by atoms with Crippen LogP contribution in [0.15, 0.2) is 30.6 Å². The molecule has 3 aromatic heterocycles. The quantitative estimate of drug-likeness (QED) is 0.517. The van der Waals surface area contributed by atoms with Gasteiger partial charge in [-0.1, -0.05) is 17.7 Å². The van der Waals surface area contributed by atoms with Gasteiger partial charge in [0.05, 0.1) is 20.6 Å². The van der Waals surface area contributed by atoms with Gasteiger partial charge in [0.25, 0.3) is 5.91 Å². The van der Waals surface area contributed by atoms with Crippen molar-refractivity contribution in [3.63, 3.8) is 0 Å². The van der Waals surface area contributed by atoms with E-state index >= 15 is 0 Å². The lowest BCUT2D eigenvalue weighted by molar-refractivity contribution is 0.0937. The van der Waals surface area contributed by atoms with Crippen molar-refractivity contribution in [2.75, 3.05) is 36.8 Å². The highest BCUT2D eigenvalue weighted by Crippen LogP contribution is 2.34. The highest BCUT2D eigenvalue weighted by atomic mass is 35.5. The molecule has 12 heteroatoms. The molecule has 0 bridgehead atoms. The molecule has 0 unspecified atom stereocenters. The Morgan fingerprint density at radius 1 is 1.30 bits per heavy atom. The second-order valence-corrected chi connectivity index (χ2v) is 9.85. The zero-order valence-electron chi connectivity index (χ0n) is 17.7. The first-order chi connectivity index (χ1) is 15.9. The summed E-state index contributed by atoms with van der Waals surface area (Å²) in [6.45, 7) is 2.31. The molecular weight excluding hydrogens is 464 g/mol. The number of nitrogens with one attached hydrogen (secondary N) is 1. The van der Waals surface area contributed by atoms with Crippen LogP contribution < -0.4 is 21.7 Å². The topological polar surface area (TPSA) is 135 Å². The van der Waals surface area contributed by atoms with Gasteiger partial charge in [-0.3, -0.25) is 4.79 Å². The van der Waals surface area contributed by atoms with Crippen molar-refractivity contribution in [3.8, 4) is 0 Å². The fourth-order valence-electron chi connectivity index (χ4n) is 4.43. The summed E-state index contributed by atoms with van der Waals surface area (Å²) in [5, 5.41) is 7.55. The summed E-state index contributed by atoms with van der Waals surface area (Å²) in [5.74, 6) is 0.252. The minimum absolute atomic E-state index is 0.0209. The van der Waals surface area contributed by atoms with E-state index < -0.39 is 6.03 Å². The fourth-order valence-corrected chi connectivity index (χ4v) is 5.38. The van der Waals surface area contributed by atoms with E-state index in [1.165, 1.54) is 17.7 Å². The number of primary amides is 1. The third kappa shape index (κ3) is 4.09. The number of anilines is 2. The van der Waals surface area contributed by atoms with Crippen LogP contribution in [0.4, 0.5) is 16.3 Å². The van der Waals surface area contributed by atoms with Crippen LogP contribution in [0.5, 0.6) is 0 Å². The molecular formula is C21H23ClN8O2S. The molecule has 0 spiro atoms. The summed E-state index contributed by atoms with van der Waals surface area (Å²) in [6.07, 6.45) is 5.18. The van der Waals surface area contributed by atoms with Crippen LogP contribution in [0, 0.1) is 0 Å². The van der Waals surface area contributed by atoms with E-state index in [0.717, 1.165) is 36.3 Å². The molecule has 0 aliphatic carbocycles. The van der Waals surface area contributed by atoms with Crippen LogP contribution >= 0.6 is 22.9 Å². The van der Waals surface area contributed by atoms with Crippen molar-refractivity contribution in [1.82, 2.24) is 24.8 Å². The number of fused-ring (bicyclic) bond motifs is 1. The molecule has 10 nitrogen and oxygen atoms in total. The molecule has 1 fully saturated rings. The second-order valence-electron chi connectivity index (χ2n) is 8.13. The Morgan fingerprint density at radius 3 is 2.88 bits per heavy atom. The van der Waals surface area contributed by atoms with Gasteiger partial charge in [-0.15, -0.1) is 11.3 Å². The minimum atomic E-state index is -0.460. The highest BCUT2D eigenvalue weighted by Gasteiger charge is 2.28. The summed E-state index contributed by atoms with van der Waals surface area (Å²) in [5.41, 5.74) is 15.1. The molecule has 3 amide bonds. The molecule has 2 aliphatic heterocycles. The Morgan fingerprint density at radius 2 is 2.15 bits per heavy atom. The number of piperidine rings is 1. The van der Waals surface area contributed by atoms with Crippen molar-refractivity contribution < 1.29 is 9.59 Å². The molecule has 5 N–H and O–H groups in total. The Kier molecular flexibility index (Phi) is 5.59. The predicted molar refractivity (Wildman–Crippen MR) is 129 cm³/mol. The van der Waals surface area contributed by atoms with E-state index in [1.807, 2.05) is 12.1 Å². The van der Waals surface area contributed by atoms with Gasteiger partial charge in [0.2, 0.25) is 0 Å². The van der Waals surface area contributed by atoms with Crippen molar-refractivity contribution in [2.45, 2.75) is 18.9 Å². The maximum Gasteiger partial charge on any atom is 0.315 e. The lowest BCUT2D eigenvalue weighted by Gasteiger charge is -2.34. The molecule has 1 saturated heterocycles. The number of nitrogens with two attached hydrogens (primary N) is 2. The fraction of sp³-hybridized carbons (Fsp3) is 0.333. The van der Waals surface area contributed by atoms with Crippen LogP contribution in [-0.2, 0) is 0 Å². The van der Waals surface area contributed by atoms with Gasteiger partial charge in [-0.25, -0.2) is 14.3 Å². The normalized spacial score (nSPS) is 18.6. The lowest BCUT2D eigenvalue weighted by Crippen LogP contribution is -2.47. The summed E-state index contributed by atoms with van der Waals surface area (Å²) < 4.78 is 2.36. The SMILES string of the molecule is NC(=O)N1CC=C(c2cc(N3CCC[C@@H](NC(=O)c4ccc(Cl)s4)C3)c3c(N)ncnn23)C1. The van der Waals surface area contributed by atoms with Crippen molar-refractivity contribution in [2.24, 2.45) is 5.73 Å². The van der Waals surface area contributed by atoms with Gasteiger partial charge >= 0.3 is 6.03 Å². The largest absolute Gasteiger partial charge is 0.382 e. The molecule has 0 saturated carbocycles. The number of urea groups is 1. The number of rotatable bonds is 4. The van der Waals surface area contributed by atoms with E-state index in [4.69, 9.17) is 23.1 Å². The summed E-state index contributed by atoms with van der Waals surface area (Å²) in [6, 6.07) is 5.01. The van der Waals surface area contributed by atoms with Gasteiger partial charge in [0.15, 0.2) is 5.82 Å². The number of hydrogen-bond donors (Lipinski definition) is 3. The molecule has 5 heterocycles. The van der Waals surface area contributed by atoms with E-state index in [0.29, 0.717) is 40.2 Å². The van der Waals surface area contributed by atoms with Gasteiger partial charge < -0.3 is 26.6 Å². The number of nitrogen functional groups attached to an aromatic ring is 1. The Bertz CT molecular complexity index is 1270. The number of carbonyl (C=O) groups excluding carboxylic acids is 2. The first-order valence-corrected chi connectivity index (χ1v) is 11.8. The number of carbonyl (C=O) groups is 2. The lowest BCUT2D eigenvalue weighted by atomic mass is 10.0.